The molecule has 122 valence electrons. The van der Waals surface area contributed by atoms with E-state index in [0.29, 0.717) is 25.2 Å². The highest BCUT2D eigenvalue weighted by Crippen LogP contribution is 2.32. The number of hydrogen-bond acceptors (Lipinski definition) is 5. The van der Waals surface area contributed by atoms with Crippen LogP contribution in [0.1, 0.15) is 29.3 Å². The van der Waals surface area contributed by atoms with Crippen LogP contribution in [0.3, 0.4) is 0 Å². The smallest absolute Gasteiger partial charge is 0.338 e. The maximum absolute atomic E-state index is 12.7. The fraction of sp³-hybridized carbons (Fsp3) is 0.533. The van der Waals surface area contributed by atoms with Crippen LogP contribution in [0.5, 0.6) is 0 Å². The second kappa shape index (κ2) is 5.98. The van der Waals surface area contributed by atoms with Crippen LogP contribution in [0, 0.1) is 12.3 Å². The fourth-order valence-corrected chi connectivity index (χ4v) is 4.21. The highest BCUT2D eigenvalue weighted by molar-refractivity contribution is 7.89. The van der Waals surface area contributed by atoms with Crippen molar-refractivity contribution in [3.63, 3.8) is 0 Å². The molecule has 0 aromatic heterocycles. The van der Waals surface area contributed by atoms with Gasteiger partial charge in [-0.15, -0.1) is 0 Å². The molecule has 2 N–H and O–H groups in total. The van der Waals surface area contributed by atoms with Crippen LogP contribution >= 0.6 is 0 Å². The Kier molecular flexibility index (Phi) is 4.60. The molecular formula is C15H22N2O4S. The average Bonchev–Trinajstić information content (AvgIpc) is 2.91. The van der Waals surface area contributed by atoms with Crippen molar-refractivity contribution in [2.45, 2.75) is 25.2 Å². The topological polar surface area (TPSA) is 89.7 Å². The quantitative estimate of drug-likeness (QED) is 0.838. The lowest BCUT2D eigenvalue weighted by atomic mass is 9.90. The number of nitrogens with zero attached hydrogens (tertiary/aromatic N) is 1. The summed E-state index contributed by atoms with van der Waals surface area (Å²) in [5.74, 6) is -0.539. The van der Waals surface area contributed by atoms with Gasteiger partial charge < -0.3 is 10.5 Å². The summed E-state index contributed by atoms with van der Waals surface area (Å²) in [6.45, 7) is 5.01. The number of carbonyl (C=O) groups excluding carboxylic acids is 1. The van der Waals surface area contributed by atoms with Crippen LogP contribution in [0.15, 0.2) is 23.1 Å². The third-order valence-electron chi connectivity index (χ3n) is 4.27. The molecule has 0 aliphatic carbocycles. The number of hydrogen-bond donors (Lipinski definition) is 1. The zero-order valence-electron chi connectivity index (χ0n) is 13.1. The molecule has 0 radical (unpaired) electrons. The summed E-state index contributed by atoms with van der Waals surface area (Å²) in [6, 6.07) is 4.53. The van der Waals surface area contributed by atoms with Crippen molar-refractivity contribution in [3.8, 4) is 0 Å². The molecule has 2 rings (SSSR count). The van der Waals surface area contributed by atoms with Gasteiger partial charge >= 0.3 is 5.97 Å². The number of carbonyl (C=O) groups is 1. The molecule has 6 nitrogen and oxygen atoms in total. The lowest BCUT2D eigenvalue weighted by molar-refractivity contribution is 0.0599. The van der Waals surface area contributed by atoms with E-state index in [1.807, 2.05) is 6.92 Å². The molecule has 1 heterocycles. The van der Waals surface area contributed by atoms with Gasteiger partial charge in [-0.3, -0.25) is 0 Å². The van der Waals surface area contributed by atoms with E-state index < -0.39 is 16.0 Å². The van der Waals surface area contributed by atoms with Crippen LogP contribution < -0.4 is 5.73 Å². The Bertz CT molecular complexity index is 687. The standard InChI is InChI=1S/C15H22N2O4S/c1-11-4-5-12(8-13(11)14(18)21-3)22(19,20)17-7-6-15(2,9-16)10-17/h4-5,8H,6-7,9-10,16H2,1-3H3. The average molecular weight is 326 g/mol. The van der Waals surface area contributed by atoms with Gasteiger partial charge in [0.2, 0.25) is 10.0 Å². The fourth-order valence-electron chi connectivity index (χ4n) is 2.59. The van der Waals surface area contributed by atoms with Crippen molar-refractivity contribution < 1.29 is 17.9 Å². The first-order chi connectivity index (χ1) is 10.2. The Labute approximate surface area is 131 Å². The predicted octanol–water partition coefficient (Wildman–Crippen LogP) is 1.14. The van der Waals surface area contributed by atoms with Gasteiger partial charge in [-0.1, -0.05) is 13.0 Å². The van der Waals surface area contributed by atoms with Gasteiger partial charge in [0.15, 0.2) is 0 Å². The minimum absolute atomic E-state index is 0.111. The Balaban J connectivity index is 2.37. The van der Waals surface area contributed by atoms with Crippen molar-refractivity contribution in [3.05, 3.63) is 29.3 Å². The molecule has 1 saturated heterocycles. The Morgan fingerprint density at radius 3 is 2.68 bits per heavy atom. The number of esters is 1. The largest absolute Gasteiger partial charge is 0.465 e. The van der Waals surface area contributed by atoms with E-state index in [9.17, 15) is 13.2 Å². The number of nitrogens with two attached hydrogens (primary N) is 1. The van der Waals surface area contributed by atoms with E-state index in [1.54, 1.807) is 13.0 Å². The van der Waals surface area contributed by atoms with Crippen LogP contribution in [0.4, 0.5) is 0 Å². The van der Waals surface area contributed by atoms with E-state index in [2.05, 4.69) is 0 Å². The number of sulfonamides is 1. The second-order valence-electron chi connectivity index (χ2n) is 6.07. The zero-order valence-corrected chi connectivity index (χ0v) is 13.9. The minimum Gasteiger partial charge on any atom is -0.465 e. The number of methoxy groups -OCH3 is 1. The third-order valence-corrected chi connectivity index (χ3v) is 6.11. The van der Waals surface area contributed by atoms with Crippen LogP contribution in [-0.2, 0) is 14.8 Å². The molecule has 0 amide bonds. The summed E-state index contributed by atoms with van der Waals surface area (Å²) in [4.78, 5) is 11.8. The highest BCUT2D eigenvalue weighted by Gasteiger charge is 2.39. The molecule has 0 spiro atoms. The molecule has 1 aromatic carbocycles. The van der Waals surface area contributed by atoms with Crippen LogP contribution in [0.2, 0.25) is 0 Å². The number of aryl methyl sites for hydroxylation is 1. The monoisotopic (exact) mass is 326 g/mol. The normalized spacial score (nSPS) is 22.7. The van der Waals surface area contributed by atoms with E-state index in [-0.39, 0.29) is 15.9 Å². The van der Waals surface area contributed by atoms with Gasteiger partial charge in [0.1, 0.15) is 0 Å². The highest BCUT2D eigenvalue weighted by atomic mass is 32.2. The number of rotatable bonds is 4. The lowest BCUT2D eigenvalue weighted by Crippen LogP contribution is -2.34. The molecule has 1 aromatic rings. The summed E-state index contributed by atoms with van der Waals surface area (Å²) in [5, 5.41) is 0. The van der Waals surface area contributed by atoms with Gasteiger partial charge in [0.05, 0.1) is 17.6 Å². The molecule has 1 aliphatic heterocycles. The van der Waals surface area contributed by atoms with E-state index in [4.69, 9.17) is 10.5 Å². The van der Waals surface area contributed by atoms with Crippen LogP contribution in [-0.4, -0.2) is 45.4 Å². The van der Waals surface area contributed by atoms with Crippen molar-refractivity contribution in [2.75, 3.05) is 26.7 Å². The molecule has 0 bridgehead atoms. The number of ether oxygens (including phenoxy) is 1. The molecule has 1 aliphatic rings. The Morgan fingerprint density at radius 2 is 2.14 bits per heavy atom. The van der Waals surface area contributed by atoms with Crippen molar-refractivity contribution >= 4 is 16.0 Å². The summed E-state index contributed by atoms with van der Waals surface area (Å²) >= 11 is 0. The van der Waals surface area contributed by atoms with Crippen LogP contribution in [0.25, 0.3) is 0 Å². The van der Waals surface area contributed by atoms with Gasteiger partial charge in [-0.25, -0.2) is 13.2 Å². The molecule has 22 heavy (non-hydrogen) atoms. The SMILES string of the molecule is COC(=O)c1cc(S(=O)(=O)N2CCC(C)(CN)C2)ccc1C. The van der Waals surface area contributed by atoms with Crippen molar-refractivity contribution in [1.82, 2.24) is 4.31 Å². The maximum Gasteiger partial charge on any atom is 0.338 e. The Morgan fingerprint density at radius 1 is 1.45 bits per heavy atom. The summed E-state index contributed by atoms with van der Waals surface area (Å²) < 4.78 is 31.6. The van der Waals surface area contributed by atoms with Crippen molar-refractivity contribution in [1.29, 1.82) is 0 Å². The molecule has 1 unspecified atom stereocenters. The maximum atomic E-state index is 12.7. The first-order valence-electron chi connectivity index (χ1n) is 7.13. The molecule has 7 heteroatoms. The summed E-state index contributed by atoms with van der Waals surface area (Å²) in [7, 11) is -2.36. The molecule has 0 saturated carbocycles. The number of benzene rings is 1. The zero-order chi connectivity index (χ0) is 16.5. The first kappa shape index (κ1) is 16.9. The minimum atomic E-state index is -3.63. The van der Waals surface area contributed by atoms with Gasteiger partial charge in [0, 0.05) is 13.1 Å². The van der Waals surface area contributed by atoms with E-state index >= 15 is 0 Å². The predicted molar refractivity (Wildman–Crippen MR) is 83.1 cm³/mol. The lowest BCUT2D eigenvalue weighted by Gasteiger charge is -2.22. The molecular weight excluding hydrogens is 304 g/mol. The van der Waals surface area contributed by atoms with Gasteiger partial charge in [-0.05, 0) is 43.0 Å². The summed E-state index contributed by atoms with van der Waals surface area (Å²) in [5.41, 5.74) is 6.49. The second-order valence-corrected chi connectivity index (χ2v) is 8.01. The Hall–Kier alpha value is -1.44. The third kappa shape index (κ3) is 3.02. The van der Waals surface area contributed by atoms with Gasteiger partial charge in [0.25, 0.3) is 0 Å². The first-order valence-corrected chi connectivity index (χ1v) is 8.57. The van der Waals surface area contributed by atoms with E-state index in [0.717, 1.165) is 6.42 Å². The van der Waals surface area contributed by atoms with E-state index in [1.165, 1.54) is 23.5 Å². The molecule has 1 atom stereocenters. The van der Waals surface area contributed by atoms with Gasteiger partial charge in [-0.2, -0.15) is 4.31 Å². The summed E-state index contributed by atoms with van der Waals surface area (Å²) in [6.07, 6.45) is 0.735. The molecule has 1 fully saturated rings. The van der Waals surface area contributed by atoms with Crippen molar-refractivity contribution in [2.24, 2.45) is 11.1 Å².